The van der Waals surface area contributed by atoms with Crippen LogP contribution in [0.5, 0.6) is 0 Å². The smallest absolute Gasteiger partial charge is 0.354 e. The number of hydrogen-bond acceptors (Lipinski definition) is 3. The molecular formula is C13H14N2O2. The Morgan fingerprint density at radius 3 is 3.00 bits per heavy atom. The van der Waals surface area contributed by atoms with Crippen LogP contribution in [-0.4, -0.2) is 17.6 Å². The molecule has 0 aliphatic heterocycles. The Kier molecular flexibility index (Phi) is 3.14. The monoisotopic (exact) mass is 230 g/mol. The second kappa shape index (κ2) is 4.74. The molecule has 88 valence electrons. The Bertz CT molecular complexity index is 570. The number of H-pyrrole nitrogens is 1. The summed E-state index contributed by atoms with van der Waals surface area (Å²) in [7, 11) is 0. The van der Waals surface area contributed by atoms with E-state index in [1.54, 1.807) is 13.0 Å². The summed E-state index contributed by atoms with van der Waals surface area (Å²) in [6.07, 6.45) is 3.44. The molecular weight excluding hydrogens is 216 g/mol. The van der Waals surface area contributed by atoms with Gasteiger partial charge in [-0.3, -0.25) is 0 Å². The third-order valence-electron chi connectivity index (χ3n) is 2.44. The largest absolute Gasteiger partial charge is 0.461 e. The molecule has 0 aliphatic carbocycles. The van der Waals surface area contributed by atoms with Gasteiger partial charge in [-0.2, -0.15) is 0 Å². The third kappa shape index (κ3) is 2.30. The lowest BCUT2D eigenvalue weighted by atomic mass is 10.1. The van der Waals surface area contributed by atoms with Crippen molar-refractivity contribution < 1.29 is 9.53 Å². The van der Waals surface area contributed by atoms with Crippen LogP contribution < -0.4 is 5.73 Å². The van der Waals surface area contributed by atoms with Crippen molar-refractivity contribution in [2.75, 3.05) is 6.61 Å². The van der Waals surface area contributed by atoms with Crippen LogP contribution in [0.2, 0.25) is 0 Å². The molecule has 17 heavy (non-hydrogen) atoms. The fourth-order valence-corrected chi connectivity index (χ4v) is 1.65. The summed E-state index contributed by atoms with van der Waals surface area (Å²) in [5.41, 5.74) is 7.66. The molecule has 0 atom stereocenters. The Morgan fingerprint density at radius 2 is 2.24 bits per heavy atom. The van der Waals surface area contributed by atoms with E-state index in [-0.39, 0.29) is 5.70 Å². The predicted octanol–water partition coefficient (Wildman–Crippen LogP) is 2.03. The first-order valence-electron chi connectivity index (χ1n) is 5.42. The van der Waals surface area contributed by atoms with Gasteiger partial charge in [0, 0.05) is 22.7 Å². The maximum atomic E-state index is 11.4. The first-order chi connectivity index (χ1) is 8.22. The number of carbonyl (C=O) groups is 1. The molecule has 0 saturated carbocycles. The zero-order valence-corrected chi connectivity index (χ0v) is 9.57. The van der Waals surface area contributed by atoms with E-state index in [0.29, 0.717) is 6.61 Å². The fraction of sp³-hybridized carbons (Fsp3) is 0.154. The first-order valence-corrected chi connectivity index (χ1v) is 5.42. The SMILES string of the molecule is CCOC(=O)/C(N)=C/c1c[nH]c2ccccc12. The summed E-state index contributed by atoms with van der Waals surface area (Å²) in [5.74, 6) is -0.488. The van der Waals surface area contributed by atoms with E-state index in [0.717, 1.165) is 16.5 Å². The van der Waals surface area contributed by atoms with E-state index in [1.807, 2.05) is 30.5 Å². The number of rotatable bonds is 3. The maximum Gasteiger partial charge on any atom is 0.354 e. The molecule has 0 bridgehead atoms. The van der Waals surface area contributed by atoms with Crippen molar-refractivity contribution >= 4 is 22.9 Å². The highest BCUT2D eigenvalue weighted by atomic mass is 16.5. The van der Waals surface area contributed by atoms with E-state index in [2.05, 4.69) is 4.98 Å². The van der Waals surface area contributed by atoms with Crippen molar-refractivity contribution in [1.82, 2.24) is 4.98 Å². The zero-order valence-electron chi connectivity index (χ0n) is 9.57. The van der Waals surface area contributed by atoms with Crippen LogP contribution in [0.4, 0.5) is 0 Å². The molecule has 4 nitrogen and oxygen atoms in total. The molecule has 0 saturated heterocycles. The standard InChI is InChI=1S/C13H14N2O2/c1-2-17-13(16)11(14)7-9-8-15-12-6-4-3-5-10(9)12/h3-8,15H,2,14H2,1H3/b11-7-. The first kappa shape index (κ1) is 11.3. The van der Waals surface area contributed by atoms with Gasteiger partial charge in [-0.05, 0) is 19.1 Å². The van der Waals surface area contributed by atoms with Gasteiger partial charge in [0.25, 0.3) is 0 Å². The number of nitrogens with one attached hydrogen (secondary N) is 1. The average molecular weight is 230 g/mol. The predicted molar refractivity (Wildman–Crippen MR) is 67.1 cm³/mol. The molecule has 2 rings (SSSR count). The van der Waals surface area contributed by atoms with Crippen molar-refractivity contribution in [3.63, 3.8) is 0 Å². The van der Waals surface area contributed by atoms with Crippen molar-refractivity contribution in [2.45, 2.75) is 6.92 Å². The molecule has 1 aromatic heterocycles. The van der Waals surface area contributed by atoms with Crippen molar-refractivity contribution in [3.8, 4) is 0 Å². The lowest BCUT2D eigenvalue weighted by Gasteiger charge is -2.00. The molecule has 0 aliphatic rings. The van der Waals surface area contributed by atoms with Crippen LogP contribution in [0.25, 0.3) is 17.0 Å². The van der Waals surface area contributed by atoms with Gasteiger partial charge < -0.3 is 15.5 Å². The highest BCUT2D eigenvalue weighted by Gasteiger charge is 2.07. The van der Waals surface area contributed by atoms with Gasteiger partial charge in [0.1, 0.15) is 5.70 Å². The maximum absolute atomic E-state index is 11.4. The summed E-state index contributed by atoms with van der Waals surface area (Å²) in [6.45, 7) is 2.07. The quantitative estimate of drug-likeness (QED) is 0.626. The number of ether oxygens (including phenoxy) is 1. The van der Waals surface area contributed by atoms with E-state index >= 15 is 0 Å². The van der Waals surface area contributed by atoms with Gasteiger partial charge >= 0.3 is 5.97 Å². The van der Waals surface area contributed by atoms with E-state index < -0.39 is 5.97 Å². The van der Waals surface area contributed by atoms with Crippen LogP contribution in [0.1, 0.15) is 12.5 Å². The lowest BCUT2D eigenvalue weighted by molar-refractivity contribution is -0.138. The number of hydrogen-bond donors (Lipinski definition) is 2. The number of fused-ring (bicyclic) bond motifs is 1. The summed E-state index contributed by atoms with van der Waals surface area (Å²) in [5, 5.41) is 1.03. The van der Waals surface area contributed by atoms with Crippen molar-refractivity contribution in [3.05, 3.63) is 41.7 Å². The molecule has 0 fully saturated rings. The Morgan fingerprint density at radius 1 is 1.47 bits per heavy atom. The number of benzene rings is 1. The summed E-state index contributed by atoms with van der Waals surface area (Å²) in [6, 6.07) is 7.82. The molecule has 1 aromatic carbocycles. The molecule has 0 spiro atoms. The highest BCUT2D eigenvalue weighted by Crippen LogP contribution is 2.19. The minimum Gasteiger partial charge on any atom is -0.461 e. The number of aromatic amines is 1. The summed E-state index contributed by atoms with van der Waals surface area (Å²) < 4.78 is 4.82. The Balaban J connectivity index is 2.35. The van der Waals surface area contributed by atoms with Crippen molar-refractivity contribution in [2.24, 2.45) is 5.73 Å². The highest BCUT2D eigenvalue weighted by molar-refractivity contribution is 5.97. The number of carbonyl (C=O) groups excluding carboxylic acids is 1. The lowest BCUT2D eigenvalue weighted by Crippen LogP contribution is -2.14. The molecule has 1 heterocycles. The van der Waals surface area contributed by atoms with Crippen LogP contribution in [-0.2, 0) is 9.53 Å². The number of aromatic nitrogens is 1. The third-order valence-corrected chi connectivity index (χ3v) is 2.44. The van der Waals surface area contributed by atoms with Crippen LogP contribution in [0, 0.1) is 0 Å². The Labute approximate surface area is 99.1 Å². The van der Waals surface area contributed by atoms with Gasteiger partial charge in [-0.1, -0.05) is 18.2 Å². The number of esters is 1. The van der Waals surface area contributed by atoms with Crippen LogP contribution >= 0.6 is 0 Å². The zero-order chi connectivity index (χ0) is 12.3. The molecule has 3 N–H and O–H groups in total. The minimum absolute atomic E-state index is 0.108. The van der Waals surface area contributed by atoms with E-state index in [9.17, 15) is 4.79 Å². The van der Waals surface area contributed by atoms with Gasteiger partial charge in [0.15, 0.2) is 0 Å². The average Bonchev–Trinajstić information content (AvgIpc) is 2.73. The van der Waals surface area contributed by atoms with Crippen LogP contribution in [0.15, 0.2) is 36.2 Å². The summed E-state index contributed by atoms with van der Waals surface area (Å²) >= 11 is 0. The normalized spacial score (nSPS) is 11.7. The van der Waals surface area contributed by atoms with Gasteiger partial charge in [0.05, 0.1) is 6.61 Å². The molecule has 0 radical (unpaired) electrons. The van der Waals surface area contributed by atoms with Gasteiger partial charge in [0.2, 0.25) is 0 Å². The second-order valence-corrected chi connectivity index (χ2v) is 3.61. The molecule has 4 heteroatoms. The van der Waals surface area contributed by atoms with Crippen molar-refractivity contribution in [1.29, 1.82) is 0 Å². The minimum atomic E-state index is -0.488. The number of para-hydroxylation sites is 1. The molecule has 0 unspecified atom stereocenters. The fourth-order valence-electron chi connectivity index (χ4n) is 1.65. The van der Waals surface area contributed by atoms with E-state index in [4.69, 9.17) is 10.5 Å². The molecule has 2 aromatic rings. The number of nitrogens with two attached hydrogens (primary N) is 1. The molecule has 0 amide bonds. The van der Waals surface area contributed by atoms with Crippen LogP contribution in [0.3, 0.4) is 0 Å². The Hall–Kier alpha value is -2.23. The van der Waals surface area contributed by atoms with Gasteiger partial charge in [-0.25, -0.2) is 4.79 Å². The topological polar surface area (TPSA) is 68.1 Å². The second-order valence-electron chi connectivity index (χ2n) is 3.61. The van der Waals surface area contributed by atoms with E-state index in [1.165, 1.54) is 0 Å². The van der Waals surface area contributed by atoms with Gasteiger partial charge in [-0.15, -0.1) is 0 Å². The summed E-state index contributed by atoms with van der Waals surface area (Å²) in [4.78, 5) is 14.5.